The second-order valence-electron chi connectivity index (χ2n) is 6.74. The van der Waals surface area contributed by atoms with Gasteiger partial charge in [-0.1, -0.05) is 12.1 Å². The Balaban J connectivity index is 1.78. The van der Waals surface area contributed by atoms with Gasteiger partial charge in [-0.3, -0.25) is 4.99 Å². The quantitative estimate of drug-likeness (QED) is 0.323. The molecular formula is C18H30N4O3S. The molecule has 0 atom stereocenters. The molecule has 7 nitrogen and oxygen atoms in total. The van der Waals surface area contributed by atoms with Crippen LogP contribution in [0.5, 0.6) is 5.75 Å². The van der Waals surface area contributed by atoms with Crippen LogP contribution in [0.15, 0.2) is 23.2 Å². The number of ether oxygens (including phenoxy) is 1. The molecule has 2 rings (SSSR count). The van der Waals surface area contributed by atoms with Gasteiger partial charge < -0.3 is 15.4 Å². The smallest absolute Gasteiger partial charge is 0.208 e. The summed E-state index contributed by atoms with van der Waals surface area (Å²) in [7, 11) is -1.42. The molecule has 8 heteroatoms. The number of hydrogen-bond acceptors (Lipinski definition) is 4. The van der Waals surface area contributed by atoms with Crippen LogP contribution >= 0.6 is 0 Å². The van der Waals surface area contributed by atoms with Crippen LogP contribution in [0.3, 0.4) is 0 Å². The average molecular weight is 383 g/mol. The van der Waals surface area contributed by atoms with E-state index >= 15 is 0 Å². The molecule has 0 amide bonds. The van der Waals surface area contributed by atoms with Gasteiger partial charge in [-0.05, 0) is 43.7 Å². The summed E-state index contributed by atoms with van der Waals surface area (Å²) >= 11 is 0. The second-order valence-corrected chi connectivity index (χ2v) is 8.57. The highest BCUT2D eigenvalue weighted by atomic mass is 32.2. The molecule has 1 fully saturated rings. The number of hydrogen-bond donors (Lipinski definition) is 3. The summed E-state index contributed by atoms with van der Waals surface area (Å²) in [6, 6.07) is 6.23. The summed E-state index contributed by atoms with van der Waals surface area (Å²) < 4.78 is 30.5. The van der Waals surface area contributed by atoms with E-state index in [4.69, 9.17) is 4.74 Å². The number of nitrogens with zero attached hydrogens (tertiary/aromatic N) is 1. The lowest BCUT2D eigenvalue weighted by Gasteiger charge is -2.15. The van der Waals surface area contributed by atoms with Gasteiger partial charge in [-0.25, -0.2) is 13.1 Å². The Labute approximate surface area is 156 Å². The van der Waals surface area contributed by atoms with Crippen LogP contribution in [-0.4, -0.2) is 47.4 Å². The molecule has 1 aliphatic rings. The lowest BCUT2D eigenvalue weighted by Crippen LogP contribution is -2.38. The standard InChI is InChI=1S/C18H30N4O3S/c1-14-5-8-16(17(11-14)25-13-15-6-7-15)12-21-18(19-2)20-9-4-10-22-26(3,23)24/h5,8,11,15,22H,4,6-7,9-10,12-13H2,1-3H3,(H2,19,20,21). The lowest BCUT2D eigenvalue weighted by molar-refractivity contribution is 0.296. The molecule has 3 N–H and O–H groups in total. The Kier molecular flexibility index (Phi) is 7.71. The Morgan fingerprint density at radius 3 is 2.69 bits per heavy atom. The number of rotatable bonds is 10. The fraction of sp³-hybridized carbons (Fsp3) is 0.611. The van der Waals surface area contributed by atoms with Gasteiger partial charge in [0, 0.05) is 32.2 Å². The van der Waals surface area contributed by atoms with Crippen molar-refractivity contribution in [3.8, 4) is 5.75 Å². The lowest BCUT2D eigenvalue weighted by atomic mass is 10.1. The third-order valence-corrected chi connectivity index (χ3v) is 4.80. The predicted molar refractivity (Wildman–Crippen MR) is 105 cm³/mol. The van der Waals surface area contributed by atoms with E-state index in [-0.39, 0.29) is 0 Å². The van der Waals surface area contributed by atoms with Crippen molar-refractivity contribution in [2.45, 2.75) is 32.7 Å². The van der Waals surface area contributed by atoms with Crippen LogP contribution in [0, 0.1) is 12.8 Å². The van der Waals surface area contributed by atoms with Gasteiger partial charge in [-0.15, -0.1) is 0 Å². The second kappa shape index (κ2) is 9.78. The summed E-state index contributed by atoms with van der Waals surface area (Å²) in [6.45, 7) is 4.49. The van der Waals surface area contributed by atoms with Crippen molar-refractivity contribution in [3.05, 3.63) is 29.3 Å². The molecule has 1 aliphatic carbocycles. The maximum Gasteiger partial charge on any atom is 0.208 e. The van der Waals surface area contributed by atoms with Gasteiger partial charge in [0.05, 0.1) is 12.9 Å². The van der Waals surface area contributed by atoms with E-state index in [1.807, 2.05) is 0 Å². The Morgan fingerprint density at radius 1 is 1.27 bits per heavy atom. The number of aryl methyl sites for hydroxylation is 1. The Bertz CT molecular complexity index is 715. The van der Waals surface area contributed by atoms with E-state index < -0.39 is 10.0 Å². The van der Waals surface area contributed by atoms with Crippen molar-refractivity contribution in [2.24, 2.45) is 10.9 Å². The summed E-state index contributed by atoms with van der Waals surface area (Å²) in [4.78, 5) is 4.20. The first-order chi connectivity index (χ1) is 12.4. The fourth-order valence-electron chi connectivity index (χ4n) is 2.39. The van der Waals surface area contributed by atoms with Crippen LogP contribution in [-0.2, 0) is 16.6 Å². The first-order valence-corrected chi connectivity index (χ1v) is 10.9. The van der Waals surface area contributed by atoms with Crippen LogP contribution in [0.4, 0.5) is 0 Å². The van der Waals surface area contributed by atoms with Crippen LogP contribution in [0.1, 0.15) is 30.4 Å². The summed E-state index contributed by atoms with van der Waals surface area (Å²) in [5, 5.41) is 6.46. The topological polar surface area (TPSA) is 91.8 Å². The molecule has 0 spiro atoms. The van der Waals surface area contributed by atoms with Gasteiger partial charge >= 0.3 is 0 Å². The largest absolute Gasteiger partial charge is 0.493 e. The van der Waals surface area contributed by atoms with E-state index in [1.54, 1.807) is 7.05 Å². The average Bonchev–Trinajstić information content (AvgIpc) is 3.40. The zero-order valence-corrected chi connectivity index (χ0v) is 16.7. The Hall–Kier alpha value is -1.80. The normalized spacial score (nSPS) is 15.0. The van der Waals surface area contributed by atoms with Crippen LogP contribution < -0.4 is 20.1 Å². The first kappa shape index (κ1) is 20.5. The molecule has 0 bridgehead atoms. The molecule has 0 unspecified atom stereocenters. The monoisotopic (exact) mass is 382 g/mol. The first-order valence-electron chi connectivity index (χ1n) is 8.99. The zero-order valence-electron chi connectivity index (χ0n) is 15.8. The van der Waals surface area contributed by atoms with E-state index in [9.17, 15) is 8.42 Å². The van der Waals surface area contributed by atoms with Gasteiger partial charge in [0.25, 0.3) is 0 Å². The summed E-state index contributed by atoms with van der Waals surface area (Å²) in [5.74, 6) is 2.32. The molecule has 0 heterocycles. The minimum atomic E-state index is -3.13. The molecule has 1 aromatic carbocycles. The molecule has 1 saturated carbocycles. The number of aliphatic imine (C=N–C) groups is 1. The van der Waals surface area contributed by atoms with Gasteiger partial charge in [-0.2, -0.15) is 0 Å². The number of guanidine groups is 1. The predicted octanol–water partition coefficient (Wildman–Crippen LogP) is 1.39. The number of nitrogens with one attached hydrogen (secondary N) is 3. The number of sulfonamides is 1. The van der Waals surface area contributed by atoms with Crippen LogP contribution in [0.2, 0.25) is 0 Å². The molecule has 0 saturated heterocycles. The van der Waals surface area contributed by atoms with Crippen LogP contribution in [0.25, 0.3) is 0 Å². The van der Waals surface area contributed by atoms with Crippen molar-refractivity contribution < 1.29 is 13.2 Å². The van der Waals surface area contributed by atoms with E-state index in [2.05, 4.69) is 45.5 Å². The maximum atomic E-state index is 11.0. The molecule has 0 aliphatic heterocycles. The molecule has 146 valence electrons. The maximum absolute atomic E-state index is 11.0. The number of benzene rings is 1. The zero-order chi connectivity index (χ0) is 19.0. The van der Waals surface area contributed by atoms with E-state index in [0.29, 0.717) is 37.9 Å². The van der Waals surface area contributed by atoms with Gasteiger partial charge in [0.1, 0.15) is 5.75 Å². The minimum absolute atomic E-state index is 0.403. The van der Waals surface area contributed by atoms with E-state index in [1.165, 1.54) is 18.4 Å². The van der Waals surface area contributed by atoms with Crippen molar-refractivity contribution in [1.29, 1.82) is 0 Å². The van der Waals surface area contributed by atoms with Gasteiger partial charge in [0.15, 0.2) is 5.96 Å². The molecule has 0 radical (unpaired) electrons. The third-order valence-electron chi connectivity index (χ3n) is 4.07. The molecule has 1 aromatic rings. The molecule has 26 heavy (non-hydrogen) atoms. The van der Waals surface area contributed by atoms with Crippen molar-refractivity contribution >= 4 is 16.0 Å². The fourth-order valence-corrected chi connectivity index (χ4v) is 2.90. The van der Waals surface area contributed by atoms with Crippen molar-refractivity contribution in [2.75, 3.05) is 33.0 Å². The van der Waals surface area contributed by atoms with Crippen molar-refractivity contribution in [1.82, 2.24) is 15.4 Å². The summed E-state index contributed by atoms with van der Waals surface area (Å²) in [6.07, 6.45) is 4.37. The third kappa shape index (κ3) is 8.05. The molecular weight excluding hydrogens is 352 g/mol. The minimum Gasteiger partial charge on any atom is -0.493 e. The van der Waals surface area contributed by atoms with Gasteiger partial charge in [0.2, 0.25) is 10.0 Å². The van der Waals surface area contributed by atoms with E-state index in [0.717, 1.165) is 24.2 Å². The molecule has 0 aromatic heterocycles. The SMILES string of the molecule is CN=C(NCCCNS(C)(=O)=O)NCc1ccc(C)cc1OCC1CC1. The highest BCUT2D eigenvalue weighted by Crippen LogP contribution is 2.30. The highest BCUT2D eigenvalue weighted by molar-refractivity contribution is 7.88. The highest BCUT2D eigenvalue weighted by Gasteiger charge is 2.22. The summed E-state index contributed by atoms with van der Waals surface area (Å²) in [5.41, 5.74) is 2.28. The Morgan fingerprint density at radius 2 is 2.04 bits per heavy atom. The van der Waals surface area contributed by atoms with Crippen molar-refractivity contribution in [3.63, 3.8) is 0 Å².